The van der Waals surface area contributed by atoms with Gasteiger partial charge in [0.2, 0.25) is 11.8 Å². The van der Waals surface area contributed by atoms with E-state index in [0.29, 0.717) is 70.4 Å². The highest BCUT2D eigenvalue weighted by Crippen LogP contribution is 2.34. The maximum Gasteiger partial charge on any atom is 0.407 e. The van der Waals surface area contributed by atoms with E-state index in [1.54, 1.807) is 4.90 Å². The first kappa shape index (κ1) is 29.3. The highest BCUT2D eigenvalue weighted by atomic mass is 16.5. The van der Waals surface area contributed by atoms with E-state index in [-0.39, 0.29) is 24.2 Å². The van der Waals surface area contributed by atoms with Crippen molar-refractivity contribution in [1.82, 2.24) is 20.4 Å². The van der Waals surface area contributed by atoms with Crippen LogP contribution in [-0.4, -0.2) is 77.8 Å². The first-order chi connectivity index (χ1) is 19.4. The van der Waals surface area contributed by atoms with Crippen molar-refractivity contribution in [1.29, 1.82) is 0 Å². The van der Waals surface area contributed by atoms with Crippen LogP contribution in [0.25, 0.3) is 0 Å². The Morgan fingerprint density at radius 3 is 2.35 bits per heavy atom. The summed E-state index contributed by atoms with van der Waals surface area (Å²) in [4.78, 5) is 55.5. The van der Waals surface area contributed by atoms with Crippen LogP contribution in [0.5, 0.6) is 0 Å². The summed E-state index contributed by atoms with van der Waals surface area (Å²) in [5.41, 5.74) is 0.744. The summed E-state index contributed by atoms with van der Waals surface area (Å²) in [5, 5.41) is 5.75. The van der Waals surface area contributed by atoms with Crippen LogP contribution >= 0.6 is 0 Å². The summed E-state index contributed by atoms with van der Waals surface area (Å²) >= 11 is 0. The van der Waals surface area contributed by atoms with Crippen LogP contribution < -0.4 is 10.6 Å². The molecule has 2 heterocycles. The molecule has 3 amide bonds. The SMILES string of the molecule is CCCN1C(=O)C(CCCCNC(=O)OCc2ccccc2)NC(=O)C12CCN(CC(=O)c1ccccc1)CC2. The molecule has 4 rings (SSSR count). The maximum atomic E-state index is 13.5. The number of nitrogens with one attached hydrogen (secondary N) is 2. The number of carbonyl (C=O) groups is 4. The number of likely N-dealkylation sites (tertiary alicyclic amines) is 1. The Labute approximate surface area is 236 Å². The van der Waals surface area contributed by atoms with Gasteiger partial charge in [0.1, 0.15) is 18.2 Å². The number of piperazine rings is 1. The van der Waals surface area contributed by atoms with E-state index in [0.717, 1.165) is 12.0 Å². The molecule has 1 unspecified atom stereocenters. The Morgan fingerprint density at radius 2 is 1.68 bits per heavy atom. The van der Waals surface area contributed by atoms with Crippen molar-refractivity contribution >= 4 is 23.7 Å². The van der Waals surface area contributed by atoms with E-state index in [1.165, 1.54) is 0 Å². The van der Waals surface area contributed by atoms with Crippen LogP contribution in [0, 0.1) is 0 Å². The minimum absolute atomic E-state index is 0.0366. The molecule has 2 aromatic rings. The van der Waals surface area contributed by atoms with E-state index in [1.807, 2.05) is 67.6 Å². The smallest absolute Gasteiger partial charge is 0.407 e. The molecule has 0 aliphatic carbocycles. The fraction of sp³-hybridized carbons (Fsp3) is 0.484. The number of ether oxygens (including phenoxy) is 1. The molecule has 9 heteroatoms. The zero-order valence-electron chi connectivity index (χ0n) is 23.3. The molecule has 0 aromatic heterocycles. The molecule has 0 radical (unpaired) electrons. The monoisotopic (exact) mass is 548 g/mol. The fourth-order valence-electron chi connectivity index (χ4n) is 5.55. The minimum atomic E-state index is -0.861. The van der Waals surface area contributed by atoms with Gasteiger partial charge in [-0.05, 0) is 44.1 Å². The molecule has 214 valence electrons. The summed E-state index contributed by atoms with van der Waals surface area (Å²) in [6.45, 7) is 4.65. The molecule has 2 N–H and O–H groups in total. The van der Waals surface area contributed by atoms with Crippen molar-refractivity contribution < 1.29 is 23.9 Å². The van der Waals surface area contributed by atoms with Crippen LogP contribution in [0.15, 0.2) is 60.7 Å². The molecule has 2 aliphatic rings. The van der Waals surface area contributed by atoms with E-state index >= 15 is 0 Å². The quantitative estimate of drug-likeness (QED) is 0.310. The number of hydrogen-bond donors (Lipinski definition) is 2. The average molecular weight is 549 g/mol. The lowest BCUT2D eigenvalue weighted by Crippen LogP contribution is -2.73. The molecule has 9 nitrogen and oxygen atoms in total. The van der Waals surface area contributed by atoms with Crippen molar-refractivity contribution in [2.75, 3.05) is 32.7 Å². The Kier molecular flexibility index (Phi) is 10.3. The number of nitrogens with zero attached hydrogens (tertiary/aromatic N) is 2. The lowest BCUT2D eigenvalue weighted by Gasteiger charge is -2.51. The summed E-state index contributed by atoms with van der Waals surface area (Å²) in [5.74, 6) is -0.0714. The second-order valence-corrected chi connectivity index (χ2v) is 10.6. The summed E-state index contributed by atoms with van der Waals surface area (Å²) in [6.07, 6.45) is 3.17. The number of unbranched alkanes of at least 4 members (excludes halogenated alkanes) is 1. The second-order valence-electron chi connectivity index (χ2n) is 10.6. The highest BCUT2D eigenvalue weighted by molar-refractivity contribution is 6.00. The molecular weight excluding hydrogens is 508 g/mol. The van der Waals surface area contributed by atoms with Gasteiger partial charge < -0.3 is 20.3 Å². The lowest BCUT2D eigenvalue weighted by atomic mass is 9.81. The maximum absolute atomic E-state index is 13.5. The van der Waals surface area contributed by atoms with Crippen LogP contribution in [0.2, 0.25) is 0 Å². The average Bonchev–Trinajstić information content (AvgIpc) is 2.98. The van der Waals surface area contributed by atoms with Crippen molar-refractivity contribution in [2.24, 2.45) is 0 Å². The van der Waals surface area contributed by atoms with Crippen LogP contribution in [-0.2, 0) is 20.9 Å². The van der Waals surface area contributed by atoms with Gasteiger partial charge in [-0.3, -0.25) is 19.3 Å². The first-order valence-electron chi connectivity index (χ1n) is 14.3. The molecule has 1 atom stereocenters. The first-order valence-corrected chi connectivity index (χ1v) is 14.3. The van der Waals surface area contributed by atoms with Crippen LogP contribution in [0.3, 0.4) is 0 Å². The van der Waals surface area contributed by atoms with Crippen molar-refractivity contribution in [3.63, 3.8) is 0 Å². The van der Waals surface area contributed by atoms with Gasteiger partial charge in [-0.2, -0.15) is 0 Å². The number of rotatable bonds is 12. The number of carbonyl (C=O) groups excluding carboxylic acids is 4. The normalized spacial score (nSPS) is 18.8. The standard InChI is InChI=1S/C31H40N4O5/c1-2-19-35-28(37)26(15-9-10-18-32-30(39)40-23-24-11-5-3-6-12-24)33-29(38)31(35)16-20-34(21-17-31)22-27(36)25-13-7-4-8-14-25/h3-8,11-14,26H,2,9-10,15-23H2,1H3,(H,32,39)(H,33,38). The Hall–Kier alpha value is -3.72. The molecule has 2 fully saturated rings. The number of Topliss-reactive ketones (excluding diaryl/α,β-unsaturated/α-hetero) is 1. The topological polar surface area (TPSA) is 108 Å². The van der Waals surface area contributed by atoms with Crippen LogP contribution in [0.1, 0.15) is 61.4 Å². The molecule has 0 saturated carbocycles. The van der Waals surface area contributed by atoms with Gasteiger partial charge in [-0.15, -0.1) is 0 Å². The second kappa shape index (κ2) is 14.1. The fourth-order valence-corrected chi connectivity index (χ4v) is 5.55. The van der Waals surface area contributed by atoms with Crippen molar-refractivity contribution in [3.05, 3.63) is 71.8 Å². The summed E-state index contributed by atoms with van der Waals surface area (Å²) in [6, 6.07) is 18.1. The third-order valence-corrected chi connectivity index (χ3v) is 7.80. The van der Waals surface area contributed by atoms with E-state index in [9.17, 15) is 19.2 Å². The summed E-state index contributed by atoms with van der Waals surface area (Å²) < 4.78 is 5.22. The number of alkyl carbamates (subject to hydrolysis) is 1. The third-order valence-electron chi connectivity index (χ3n) is 7.80. The van der Waals surface area contributed by atoms with Gasteiger partial charge in [0.25, 0.3) is 0 Å². The number of piperidine rings is 1. The zero-order chi connectivity index (χ0) is 28.4. The van der Waals surface area contributed by atoms with E-state index < -0.39 is 17.7 Å². The predicted octanol–water partition coefficient (Wildman–Crippen LogP) is 3.54. The van der Waals surface area contributed by atoms with Gasteiger partial charge in [0, 0.05) is 31.7 Å². The van der Waals surface area contributed by atoms with Gasteiger partial charge in [-0.1, -0.05) is 67.6 Å². The molecule has 2 aliphatic heterocycles. The van der Waals surface area contributed by atoms with Gasteiger partial charge in [-0.25, -0.2) is 4.79 Å². The molecule has 0 bridgehead atoms. The number of hydrogen-bond acceptors (Lipinski definition) is 6. The number of benzene rings is 2. The Morgan fingerprint density at radius 1 is 1.00 bits per heavy atom. The lowest BCUT2D eigenvalue weighted by molar-refractivity contribution is -0.161. The molecule has 1 spiro atoms. The predicted molar refractivity (Wildman–Crippen MR) is 152 cm³/mol. The Balaban J connectivity index is 1.23. The minimum Gasteiger partial charge on any atom is -0.445 e. The largest absolute Gasteiger partial charge is 0.445 e. The third kappa shape index (κ3) is 7.27. The summed E-state index contributed by atoms with van der Waals surface area (Å²) in [7, 11) is 0. The van der Waals surface area contributed by atoms with E-state index in [4.69, 9.17) is 4.74 Å². The van der Waals surface area contributed by atoms with Crippen LogP contribution in [0.4, 0.5) is 4.79 Å². The van der Waals surface area contributed by atoms with E-state index in [2.05, 4.69) is 15.5 Å². The molecule has 2 aromatic carbocycles. The number of ketones is 1. The molecular formula is C31H40N4O5. The van der Waals surface area contributed by atoms with Gasteiger partial charge in [0.05, 0.1) is 6.54 Å². The zero-order valence-corrected chi connectivity index (χ0v) is 23.3. The van der Waals surface area contributed by atoms with Crippen molar-refractivity contribution in [3.8, 4) is 0 Å². The van der Waals surface area contributed by atoms with Crippen molar-refractivity contribution in [2.45, 2.75) is 63.6 Å². The number of amides is 3. The van der Waals surface area contributed by atoms with Gasteiger partial charge in [0.15, 0.2) is 5.78 Å². The Bertz CT molecular complexity index is 1150. The molecule has 2 saturated heterocycles. The molecule has 40 heavy (non-hydrogen) atoms. The van der Waals surface area contributed by atoms with Gasteiger partial charge >= 0.3 is 6.09 Å². The highest BCUT2D eigenvalue weighted by Gasteiger charge is 2.53.